The molecule has 0 spiro atoms. The van der Waals surface area contributed by atoms with Gasteiger partial charge in [-0.3, -0.25) is 4.79 Å². The van der Waals surface area contributed by atoms with E-state index in [9.17, 15) is 9.59 Å². The van der Waals surface area contributed by atoms with Crippen molar-refractivity contribution in [2.75, 3.05) is 13.2 Å². The number of aromatic nitrogens is 1. The van der Waals surface area contributed by atoms with Crippen molar-refractivity contribution in [3.05, 3.63) is 45.9 Å². The van der Waals surface area contributed by atoms with Crippen LogP contribution in [0.1, 0.15) is 55.7 Å². The van der Waals surface area contributed by atoms with Gasteiger partial charge >= 0.3 is 5.97 Å². The molecule has 6 nitrogen and oxygen atoms in total. The summed E-state index contributed by atoms with van der Waals surface area (Å²) in [6.45, 7) is 10.7. The maximum absolute atomic E-state index is 12.2. The molecule has 28 heavy (non-hydrogen) atoms. The van der Waals surface area contributed by atoms with Gasteiger partial charge in [0.2, 0.25) is 0 Å². The van der Waals surface area contributed by atoms with Crippen LogP contribution in [0.3, 0.4) is 0 Å². The van der Waals surface area contributed by atoms with E-state index in [0.29, 0.717) is 31.0 Å². The van der Waals surface area contributed by atoms with Gasteiger partial charge in [-0.05, 0) is 37.0 Å². The maximum atomic E-state index is 12.2. The topological polar surface area (TPSA) is 77.5 Å². The molecule has 0 saturated carbocycles. The molecule has 0 aliphatic heterocycles. The van der Waals surface area contributed by atoms with E-state index in [1.54, 1.807) is 19.2 Å². The molecule has 0 aliphatic carbocycles. The van der Waals surface area contributed by atoms with Crippen molar-refractivity contribution in [2.24, 2.45) is 0 Å². The number of hydrogen-bond donors (Lipinski definition) is 1. The van der Waals surface area contributed by atoms with E-state index in [2.05, 4.69) is 31.1 Å². The third-order valence-corrected chi connectivity index (χ3v) is 4.99. The highest BCUT2D eigenvalue weighted by atomic mass is 32.1. The first kappa shape index (κ1) is 21.9. The van der Waals surface area contributed by atoms with Crippen LogP contribution in [-0.4, -0.2) is 36.1 Å². The zero-order valence-corrected chi connectivity index (χ0v) is 17.9. The van der Waals surface area contributed by atoms with E-state index in [-0.39, 0.29) is 11.3 Å². The number of thiazole rings is 1. The van der Waals surface area contributed by atoms with Gasteiger partial charge in [0.05, 0.1) is 11.6 Å². The summed E-state index contributed by atoms with van der Waals surface area (Å²) in [5, 5.41) is 5.28. The quantitative estimate of drug-likeness (QED) is 0.678. The minimum atomic E-state index is -0.605. The number of ether oxygens (including phenoxy) is 2. The zero-order chi connectivity index (χ0) is 20.7. The largest absolute Gasteiger partial charge is 0.481 e. The Hall–Kier alpha value is -2.41. The molecule has 1 aromatic heterocycles. The lowest BCUT2D eigenvalue weighted by atomic mass is 9.87. The molecule has 0 bridgehead atoms. The molecule has 1 aromatic carbocycles. The van der Waals surface area contributed by atoms with Gasteiger partial charge in [-0.15, -0.1) is 11.3 Å². The van der Waals surface area contributed by atoms with E-state index in [0.717, 1.165) is 5.01 Å². The van der Waals surface area contributed by atoms with E-state index < -0.39 is 12.1 Å². The fraction of sp³-hybridized carbons (Fsp3) is 0.476. The molecule has 7 heteroatoms. The lowest BCUT2D eigenvalue weighted by Gasteiger charge is -2.20. The predicted octanol–water partition coefficient (Wildman–Crippen LogP) is 3.74. The Morgan fingerprint density at radius 1 is 1.21 bits per heavy atom. The van der Waals surface area contributed by atoms with Crippen LogP contribution in [0, 0.1) is 0 Å². The van der Waals surface area contributed by atoms with E-state index in [1.807, 2.05) is 24.3 Å². The van der Waals surface area contributed by atoms with E-state index in [4.69, 9.17) is 9.47 Å². The molecule has 152 valence electrons. The predicted molar refractivity (Wildman–Crippen MR) is 110 cm³/mol. The van der Waals surface area contributed by atoms with Gasteiger partial charge in [-0.1, -0.05) is 32.9 Å². The highest BCUT2D eigenvalue weighted by molar-refractivity contribution is 7.09. The first-order valence-electron chi connectivity index (χ1n) is 9.37. The van der Waals surface area contributed by atoms with Crippen LogP contribution >= 0.6 is 11.3 Å². The summed E-state index contributed by atoms with van der Waals surface area (Å²) in [6.07, 6.45) is -0.0603. The molecule has 2 rings (SSSR count). The minimum absolute atomic E-state index is 0.0739. The average Bonchev–Trinajstić information content (AvgIpc) is 3.10. The number of carbonyl (C=O) groups excluding carboxylic acids is 2. The van der Waals surface area contributed by atoms with Gasteiger partial charge in [0, 0.05) is 18.3 Å². The summed E-state index contributed by atoms with van der Waals surface area (Å²) in [7, 11) is 0. The molecular weight excluding hydrogens is 376 g/mol. The van der Waals surface area contributed by atoms with Crippen molar-refractivity contribution in [3.63, 3.8) is 0 Å². The van der Waals surface area contributed by atoms with Crippen LogP contribution in [-0.2, 0) is 21.4 Å². The highest BCUT2D eigenvalue weighted by Gasteiger charge is 2.17. The monoisotopic (exact) mass is 404 g/mol. The number of esters is 1. The molecule has 1 atom stereocenters. The Bertz CT molecular complexity index is 793. The smallest absolute Gasteiger partial charge is 0.357 e. The van der Waals surface area contributed by atoms with Crippen molar-refractivity contribution in [3.8, 4) is 5.75 Å². The molecule has 1 heterocycles. The van der Waals surface area contributed by atoms with Crippen LogP contribution in [0.2, 0.25) is 0 Å². The van der Waals surface area contributed by atoms with Gasteiger partial charge in [-0.2, -0.15) is 0 Å². The summed E-state index contributed by atoms with van der Waals surface area (Å²) >= 11 is 1.38. The van der Waals surface area contributed by atoms with Crippen LogP contribution in [0.15, 0.2) is 29.6 Å². The Balaban J connectivity index is 1.79. The minimum Gasteiger partial charge on any atom is -0.481 e. The van der Waals surface area contributed by atoms with Gasteiger partial charge in [0.25, 0.3) is 5.91 Å². The number of nitrogens with one attached hydrogen (secondary N) is 1. The fourth-order valence-corrected chi connectivity index (χ4v) is 3.22. The van der Waals surface area contributed by atoms with Crippen molar-refractivity contribution in [1.82, 2.24) is 10.3 Å². The number of nitrogens with zero attached hydrogens (tertiary/aromatic N) is 1. The van der Waals surface area contributed by atoms with Crippen LogP contribution < -0.4 is 10.1 Å². The van der Waals surface area contributed by atoms with Crippen LogP contribution in [0.4, 0.5) is 0 Å². The maximum Gasteiger partial charge on any atom is 0.357 e. The van der Waals surface area contributed by atoms with Crippen molar-refractivity contribution in [1.29, 1.82) is 0 Å². The summed E-state index contributed by atoms with van der Waals surface area (Å²) in [5.41, 5.74) is 1.59. The summed E-state index contributed by atoms with van der Waals surface area (Å²) < 4.78 is 10.6. The third kappa shape index (κ3) is 6.34. The Kier molecular flexibility index (Phi) is 7.57. The standard InChI is InChI=1S/C21H28N2O4S/c1-6-26-20(25)17-13-28-18(23-17)11-12-22-19(24)14(2)27-16-9-7-15(8-10-16)21(3,4)5/h7-10,13-14H,6,11-12H2,1-5H3,(H,22,24)/t14-/m0/s1. The molecule has 0 aliphatic rings. The number of amides is 1. The number of hydrogen-bond acceptors (Lipinski definition) is 6. The van der Waals surface area contributed by atoms with Gasteiger partial charge in [-0.25, -0.2) is 9.78 Å². The van der Waals surface area contributed by atoms with Crippen LogP contribution in [0.25, 0.3) is 0 Å². The zero-order valence-electron chi connectivity index (χ0n) is 17.1. The molecule has 2 aromatic rings. The van der Waals surface area contributed by atoms with Gasteiger partial charge in [0.15, 0.2) is 11.8 Å². The molecule has 0 saturated heterocycles. The molecule has 1 N–H and O–H groups in total. The second-order valence-electron chi connectivity index (χ2n) is 7.42. The molecule has 0 unspecified atom stereocenters. The van der Waals surface area contributed by atoms with Crippen molar-refractivity contribution >= 4 is 23.2 Å². The fourth-order valence-electron chi connectivity index (χ4n) is 2.45. The molecule has 0 radical (unpaired) electrons. The SMILES string of the molecule is CCOC(=O)c1csc(CCNC(=O)[C@H](C)Oc2ccc(C(C)(C)C)cc2)n1. The van der Waals surface area contributed by atoms with Gasteiger partial charge in [0.1, 0.15) is 5.75 Å². The van der Waals surface area contributed by atoms with Crippen molar-refractivity contribution < 1.29 is 19.1 Å². The average molecular weight is 405 g/mol. The summed E-state index contributed by atoms with van der Waals surface area (Å²) in [6, 6.07) is 7.81. The normalized spacial score (nSPS) is 12.3. The number of rotatable bonds is 8. The molecule has 0 fully saturated rings. The Morgan fingerprint density at radius 3 is 2.50 bits per heavy atom. The second-order valence-corrected chi connectivity index (χ2v) is 8.37. The van der Waals surface area contributed by atoms with Crippen LogP contribution in [0.5, 0.6) is 5.75 Å². The second kappa shape index (κ2) is 9.68. The Labute approximate surface area is 170 Å². The first-order valence-corrected chi connectivity index (χ1v) is 10.2. The van der Waals surface area contributed by atoms with Crippen molar-refractivity contribution in [2.45, 2.75) is 52.6 Å². The lowest BCUT2D eigenvalue weighted by molar-refractivity contribution is -0.127. The molecular formula is C21H28N2O4S. The first-order chi connectivity index (χ1) is 13.2. The van der Waals surface area contributed by atoms with E-state index in [1.165, 1.54) is 16.9 Å². The summed E-state index contributed by atoms with van der Waals surface area (Å²) in [5.74, 6) is 0.0465. The lowest BCUT2D eigenvalue weighted by Crippen LogP contribution is -2.37. The molecule has 1 amide bonds. The van der Waals surface area contributed by atoms with Gasteiger partial charge < -0.3 is 14.8 Å². The van der Waals surface area contributed by atoms with E-state index >= 15 is 0 Å². The Morgan fingerprint density at radius 2 is 1.89 bits per heavy atom. The summed E-state index contributed by atoms with van der Waals surface area (Å²) in [4.78, 5) is 28.1. The highest BCUT2D eigenvalue weighted by Crippen LogP contribution is 2.24. The third-order valence-electron chi connectivity index (χ3n) is 4.08. The number of carbonyl (C=O) groups is 2. The number of benzene rings is 1.